The van der Waals surface area contributed by atoms with Crippen LogP contribution in [0.2, 0.25) is 0 Å². The highest BCUT2D eigenvalue weighted by Crippen LogP contribution is 2.10. The number of halogens is 1. The van der Waals surface area contributed by atoms with Crippen molar-refractivity contribution in [1.29, 1.82) is 0 Å². The number of nitrogens with one attached hydrogen (secondary N) is 2. The number of hydrogen-bond donors (Lipinski definition) is 2. The van der Waals surface area contributed by atoms with Crippen LogP contribution >= 0.6 is 24.0 Å². The first kappa shape index (κ1) is 20.4. The first-order valence-electron chi connectivity index (χ1n) is 8.31. The van der Waals surface area contributed by atoms with Crippen molar-refractivity contribution < 1.29 is 0 Å². The average molecular weight is 438 g/mol. The predicted molar refractivity (Wildman–Crippen MR) is 112 cm³/mol. The highest BCUT2D eigenvalue weighted by atomic mass is 127. The van der Waals surface area contributed by atoms with Crippen LogP contribution in [0, 0.1) is 0 Å². The van der Waals surface area contributed by atoms with Gasteiger partial charge in [-0.1, -0.05) is 37.3 Å². The molecule has 0 unspecified atom stereocenters. The Bertz CT molecular complexity index is 614. The highest BCUT2D eigenvalue weighted by molar-refractivity contribution is 14.0. The Morgan fingerprint density at radius 3 is 2.50 bits per heavy atom. The molecule has 4 nitrogen and oxygen atoms in total. The minimum Gasteiger partial charge on any atom is -0.357 e. The summed E-state index contributed by atoms with van der Waals surface area (Å²) in [5, 5.41) is 6.69. The summed E-state index contributed by atoms with van der Waals surface area (Å²) in [5.74, 6) is 0.863. The summed E-state index contributed by atoms with van der Waals surface area (Å²) in [6.45, 7) is 6.66. The maximum Gasteiger partial charge on any atom is 0.191 e. The van der Waals surface area contributed by atoms with Crippen LogP contribution in [-0.4, -0.2) is 24.0 Å². The number of aryl methyl sites for hydroxylation is 1. The molecule has 0 saturated carbocycles. The minimum atomic E-state index is 0. The molecule has 130 valence electrons. The van der Waals surface area contributed by atoms with Crippen LogP contribution < -0.4 is 10.6 Å². The Kier molecular flexibility index (Phi) is 10.1. The third-order valence-electron chi connectivity index (χ3n) is 3.68. The van der Waals surface area contributed by atoms with Crippen LogP contribution in [0.15, 0.2) is 53.8 Å². The predicted octanol–water partition coefficient (Wildman–Crippen LogP) is 3.56. The summed E-state index contributed by atoms with van der Waals surface area (Å²) in [7, 11) is 0. The van der Waals surface area contributed by atoms with E-state index in [1.807, 2.05) is 12.3 Å². The molecule has 1 aromatic heterocycles. The summed E-state index contributed by atoms with van der Waals surface area (Å²) in [6, 6.07) is 12.6. The normalized spacial score (nSPS) is 10.8. The van der Waals surface area contributed by atoms with Crippen LogP contribution in [-0.2, 0) is 19.4 Å². The van der Waals surface area contributed by atoms with Gasteiger partial charge in [-0.05, 0) is 42.5 Å². The maximum absolute atomic E-state index is 4.70. The van der Waals surface area contributed by atoms with Crippen molar-refractivity contribution in [3.8, 4) is 0 Å². The Morgan fingerprint density at radius 1 is 1.04 bits per heavy atom. The van der Waals surface area contributed by atoms with Crippen LogP contribution in [0.25, 0.3) is 0 Å². The second-order valence-corrected chi connectivity index (χ2v) is 5.36. The van der Waals surface area contributed by atoms with E-state index < -0.39 is 0 Å². The molecule has 2 aromatic rings. The van der Waals surface area contributed by atoms with E-state index in [1.165, 1.54) is 16.7 Å². The van der Waals surface area contributed by atoms with E-state index in [1.54, 1.807) is 6.20 Å². The lowest BCUT2D eigenvalue weighted by molar-refractivity contribution is 0.797. The molecule has 0 aliphatic heterocycles. The number of nitrogens with zero attached hydrogens (tertiary/aromatic N) is 2. The molecule has 0 atom stereocenters. The van der Waals surface area contributed by atoms with Gasteiger partial charge in [-0.15, -0.1) is 24.0 Å². The van der Waals surface area contributed by atoms with Gasteiger partial charge in [0.15, 0.2) is 5.96 Å². The van der Waals surface area contributed by atoms with Crippen LogP contribution in [0.1, 0.15) is 30.5 Å². The Labute approximate surface area is 162 Å². The van der Waals surface area contributed by atoms with E-state index in [-0.39, 0.29) is 24.0 Å². The Balaban J connectivity index is 0.00000288. The maximum atomic E-state index is 4.70. The van der Waals surface area contributed by atoms with Gasteiger partial charge in [-0.3, -0.25) is 4.98 Å². The van der Waals surface area contributed by atoms with Crippen LogP contribution in [0.5, 0.6) is 0 Å². The van der Waals surface area contributed by atoms with Gasteiger partial charge in [-0.25, -0.2) is 4.99 Å². The van der Waals surface area contributed by atoms with Crippen LogP contribution in [0.3, 0.4) is 0 Å². The largest absolute Gasteiger partial charge is 0.357 e. The molecular weight excluding hydrogens is 411 g/mol. The van der Waals surface area contributed by atoms with Gasteiger partial charge in [0.05, 0.1) is 6.54 Å². The molecule has 5 heteroatoms. The summed E-state index contributed by atoms with van der Waals surface area (Å²) in [6.07, 6.45) is 5.68. The molecule has 1 aromatic carbocycles. The summed E-state index contributed by atoms with van der Waals surface area (Å²) >= 11 is 0. The molecule has 0 bridgehead atoms. The second-order valence-electron chi connectivity index (χ2n) is 5.36. The van der Waals surface area contributed by atoms with Crippen molar-refractivity contribution in [3.63, 3.8) is 0 Å². The quantitative estimate of drug-likeness (QED) is 0.395. The molecule has 0 amide bonds. The van der Waals surface area contributed by atoms with E-state index >= 15 is 0 Å². The minimum absolute atomic E-state index is 0. The van der Waals surface area contributed by atoms with E-state index in [0.29, 0.717) is 6.54 Å². The molecule has 0 spiro atoms. The molecule has 2 N–H and O–H groups in total. The first-order chi connectivity index (χ1) is 11.3. The lowest BCUT2D eigenvalue weighted by Crippen LogP contribution is -2.38. The van der Waals surface area contributed by atoms with Crippen molar-refractivity contribution in [2.24, 2.45) is 4.99 Å². The lowest BCUT2D eigenvalue weighted by Gasteiger charge is -2.12. The van der Waals surface area contributed by atoms with Gasteiger partial charge in [0.2, 0.25) is 0 Å². The fourth-order valence-electron chi connectivity index (χ4n) is 2.43. The fraction of sp³-hybridized carbons (Fsp3) is 0.368. The highest BCUT2D eigenvalue weighted by Gasteiger charge is 2.01. The molecule has 0 aliphatic carbocycles. The van der Waals surface area contributed by atoms with Crippen molar-refractivity contribution >= 4 is 29.9 Å². The molecular formula is C19H27IN4. The van der Waals surface area contributed by atoms with Gasteiger partial charge < -0.3 is 10.6 Å². The van der Waals surface area contributed by atoms with E-state index in [4.69, 9.17) is 4.99 Å². The number of aliphatic imine (C=N–C) groups is 1. The number of pyridine rings is 1. The zero-order valence-electron chi connectivity index (χ0n) is 14.5. The molecule has 2 rings (SSSR count). The van der Waals surface area contributed by atoms with Gasteiger partial charge in [0.25, 0.3) is 0 Å². The van der Waals surface area contributed by atoms with Crippen LogP contribution in [0.4, 0.5) is 0 Å². The summed E-state index contributed by atoms with van der Waals surface area (Å²) in [4.78, 5) is 8.84. The molecule has 0 radical (unpaired) electrons. The number of benzene rings is 1. The second kappa shape index (κ2) is 11.8. The van der Waals surface area contributed by atoms with Crippen molar-refractivity contribution in [2.45, 2.75) is 33.2 Å². The van der Waals surface area contributed by atoms with Gasteiger partial charge in [0, 0.05) is 25.5 Å². The number of hydrogen-bond acceptors (Lipinski definition) is 2. The van der Waals surface area contributed by atoms with Crippen molar-refractivity contribution in [1.82, 2.24) is 15.6 Å². The van der Waals surface area contributed by atoms with Gasteiger partial charge in [-0.2, -0.15) is 0 Å². The topological polar surface area (TPSA) is 49.3 Å². The number of guanidine groups is 1. The molecule has 0 saturated heterocycles. The standard InChI is InChI=1S/C19H26N4.HI/c1-3-17-9-5-6-10-18(17)15-23-19(21-4-2)22-13-11-16-8-7-12-20-14-16;/h5-10,12,14H,3-4,11,13,15H2,1-2H3,(H2,21,22,23);1H. The molecule has 0 fully saturated rings. The van der Waals surface area contributed by atoms with Gasteiger partial charge >= 0.3 is 0 Å². The first-order valence-corrected chi connectivity index (χ1v) is 8.31. The monoisotopic (exact) mass is 438 g/mol. The summed E-state index contributed by atoms with van der Waals surface area (Å²) in [5.41, 5.74) is 3.88. The molecule has 24 heavy (non-hydrogen) atoms. The smallest absolute Gasteiger partial charge is 0.191 e. The van der Waals surface area contributed by atoms with Gasteiger partial charge in [0.1, 0.15) is 0 Å². The van der Waals surface area contributed by atoms with Crippen molar-refractivity contribution in [3.05, 3.63) is 65.5 Å². The zero-order valence-corrected chi connectivity index (χ0v) is 16.8. The Morgan fingerprint density at radius 2 is 1.83 bits per heavy atom. The Hall–Kier alpha value is -1.63. The molecule has 1 heterocycles. The zero-order chi connectivity index (χ0) is 16.3. The molecule has 0 aliphatic rings. The van der Waals surface area contributed by atoms with Crippen molar-refractivity contribution in [2.75, 3.05) is 13.1 Å². The number of aromatic nitrogens is 1. The van der Waals surface area contributed by atoms with E-state index in [2.05, 4.69) is 59.8 Å². The number of rotatable bonds is 7. The third-order valence-corrected chi connectivity index (χ3v) is 3.68. The van der Waals surface area contributed by atoms with E-state index in [9.17, 15) is 0 Å². The SMILES string of the molecule is CCNC(=NCc1ccccc1CC)NCCc1cccnc1.I. The lowest BCUT2D eigenvalue weighted by atomic mass is 10.1. The summed E-state index contributed by atoms with van der Waals surface area (Å²) < 4.78 is 0. The fourth-order valence-corrected chi connectivity index (χ4v) is 2.43. The average Bonchev–Trinajstić information content (AvgIpc) is 2.61. The van der Waals surface area contributed by atoms with E-state index in [0.717, 1.165) is 31.9 Å². The third kappa shape index (κ3) is 6.86.